The van der Waals surface area contributed by atoms with Crippen LogP contribution in [0.1, 0.15) is 22.7 Å². The summed E-state index contributed by atoms with van der Waals surface area (Å²) in [6.07, 6.45) is -4.42. The van der Waals surface area contributed by atoms with E-state index in [0.717, 1.165) is 5.56 Å². The SMILES string of the molecule is COc1ccc(C[C@H](N[C@@H](c2ccccc2)C(F)(F)F)C(=O)N[C@@H](C#N)Cc2ccccc2)cc1. The molecule has 0 aromatic heterocycles. The molecular weight excluding hydrogens is 455 g/mol. The molecule has 3 aromatic rings. The van der Waals surface area contributed by atoms with Gasteiger partial charge in [-0.2, -0.15) is 18.4 Å². The molecule has 0 unspecified atom stereocenters. The lowest BCUT2D eigenvalue weighted by Gasteiger charge is -2.28. The second-order valence-corrected chi connectivity index (χ2v) is 8.04. The largest absolute Gasteiger partial charge is 0.497 e. The number of carbonyl (C=O) groups excluding carboxylic acids is 1. The topological polar surface area (TPSA) is 74.2 Å². The molecule has 0 aliphatic rings. The van der Waals surface area contributed by atoms with Crippen LogP contribution in [0, 0.1) is 11.3 Å². The van der Waals surface area contributed by atoms with Crippen LogP contribution in [-0.2, 0) is 17.6 Å². The molecule has 0 bridgehead atoms. The zero-order chi connectivity index (χ0) is 25.3. The first-order valence-corrected chi connectivity index (χ1v) is 11.0. The van der Waals surface area contributed by atoms with Crippen molar-refractivity contribution in [3.63, 3.8) is 0 Å². The van der Waals surface area contributed by atoms with Crippen molar-refractivity contribution in [2.75, 3.05) is 7.11 Å². The molecule has 182 valence electrons. The number of nitrogens with one attached hydrogen (secondary N) is 2. The number of hydrogen-bond acceptors (Lipinski definition) is 4. The number of methoxy groups -OCH3 is 1. The van der Waals surface area contributed by atoms with Crippen molar-refractivity contribution < 1.29 is 22.7 Å². The standard InChI is InChI=1S/C27H26F3N3O2/c1-35-23-14-12-20(13-15-23)17-24(33-25(27(28,29)30)21-10-6-3-7-11-21)26(34)32-22(18-31)16-19-8-4-2-5-9-19/h2-15,22,24-25,33H,16-17H2,1H3,(H,32,34)/t22-,24+,25+/m1/s1. The number of halogens is 3. The number of nitriles is 1. The van der Waals surface area contributed by atoms with Crippen LogP contribution >= 0.6 is 0 Å². The van der Waals surface area contributed by atoms with E-state index in [1.807, 2.05) is 36.4 Å². The Morgan fingerprint density at radius 3 is 2.03 bits per heavy atom. The Labute approximate surface area is 202 Å². The van der Waals surface area contributed by atoms with E-state index in [4.69, 9.17) is 4.74 Å². The second-order valence-electron chi connectivity index (χ2n) is 8.04. The zero-order valence-electron chi connectivity index (χ0n) is 19.1. The van der Waals surface area contributed by atoms with E-state index in [1.165, 1.54) is 31.4 Å². The molecule has 0 aliphatic carbocycles. The number of nitrogens with zero attached hydrogens (tertiary/aromatic N) is 1. The van der Waals surface area contributed by atoms with Crippen molar-refractivity contribution in [3.8, 4) is 11.8 Å². The maximum atomic E-state index is 14.0. The van der Waals surface area contributed by atoms with Gasteiger partial charge in [0, 0.05) is 6.42 Å². The molecule has 1 amide bonds. The van der Waals surface area contributed by atoms with Crippen LogP contribution < -0.4 is 15.4 Å². The van der Waals surface area contributed by atoms with Gasteiger partial charge in [-0.1, -0.05) is 72.8 Å². The molecule has 0 aliphatic heterocycles. The number of rotatable bonds is 10. The number of amides is 1. The Kier molecular flexibility index (Phi) is 8.87. The van der Waals surface area contributed by atoms with Crippen molar-refractivity contribution in [1.29, 1.82) is 5.26 Å². The highest BCUT2D eigenvalue weighted by molar-refractivity contribution is 5.82. The summed E-state index contributed by atoms with van der Waals surface area (Å²) in [5, 5.41) is 14.7. The van der Waals surface area contributed by atoms with Crippen molar-refractivity contribution in [1.82, 2.24) is 10.6 Å². The van der Waals surface area contributed by atoms with Gasteiger partial charge in [0.15, 0.2) is 0 Å². The van der Waals surface area contributed by atoms with Crippen LogP contribution in [-0.4, -0.2) is 31.3 Å². The first-order valence-electron chi connectivity index (χ1n) is 11.0. The van der Waals surface area contributed by atoms with Crippen LogP contribution in [0.25, 0.3) is 0 Å². The van der Waals surface area contributed by atoms with Gasteiger partial charge in [-0.3, -0.25) is 10.1 Å². The third-order valence-corrected chi connectivity index (χ3v) is 5.50. The number of ether oxygens (including phenoxy) is 1. The summed E-state index contributed by atoms with van der Waals surface area (Å²) < 4.78 is 47.2. The minimum Gasteiger partial charge on any atom is -0.497 e. The Balaban J connectivity index is 1.85. The molecule has 3 aromatic carbocycles. The van der Waals surface area contributed by atoms with Crippen LogP contribution in [0.5, 0.6) is 5.75 Å². The predicted octanol–water partition coefficient (Wildman–Crippen LogP) is 4.75. The zero-order valence-corrected chi connectivity index (χ0v) is 19.1. The fraction of sp³-hybridized carbons (Fsp3) is 0.259. The number of alkyl halides is 3. The minimum atomic E-state index is -4.64. The molecule has 0 fully saturated rings. The van der Waals surface area contributed by atoms with Crippen molar-refractivity contribution in [2.24, 2.45) is 0 Å². The summed E-state index contributed by atoms with van der Waals surface area (Å²) in [5.41, 5.74) is 1.47. The molecule has 0 saturated carbocycles. The van der Waals surface area contributed by atoms with Gasteiger partial charge in [0.2, 0.25) is 5.91 Å². The van der Waals surface area contributed by atoms with Gasteiger partial charge in [0.25, 0.3) is 0 Å². The van der Waals surface area contributed by atoms with Gasteiger partial charge in [-0.15, -0.1) is 0 Å². The third kappa shape index (κ3) is 7.59. The monoisotopic (exact) mass is 481 g/mol. The van der Waals surface area contributed by atoms with E-state index >= 15 is 0 Å². The van der Waals surface area contributed by atoms with Crippen LogP contribution in [0.2, 0.25) is 0 Å². The van der Waals surface area contributed by atoms with Crippen LogP contribution in [0.3, 0.4) is 0 Å². The molecule has 5 nitrogen and oxygen atoms in total. The lowest BCUT2D eigenvalue weighted by molar-refractivity contribution is -0.160. The van der Waals surface area contributed by atoms with Crippen LogP contribution in [0.15, 0.2) is 84.9 Å². The van der Waals surface area contributed by atoms with Gasteiger partial charge in [-0.05, 0) is 35.2 Å². The summed E-state index contributed by atoms with van der Waals surface area (Å²) >= 11 is 0. The Morgan fingerprint density at radius 1 is 0.914 bits per heavy atom. The molecule has 3 rings (SSSR count). The summed E-state index contributed by atoms with van der Waals surface area (Å²) in [5.74, 6) is -0.0962. The fourth-order valence-corrected chi connectivity index (χ4v) is 3.70. The molecule has 3 atom stereocenters. The average molecular weight is 482 g/mol. The summed E-state index contributed by atoms with van der Waals surface area (Å²) in [7, 11) is 1.51. The lowest BCUT2D eigenvalue weighted by Crippen LogP contribution is -2.52. The van der Waals surface area contributed by atoms with Gasteiger partial charge < -0.3 is 10.1 Å². The van der Waals surface area contributed by atoms with E-state index in [0.29, 0.717) is 11.3 Å². The molecule has 0 heterocycles. The molecule has 0 radical (unpaired) electrons. The highest BCUT2D eigenvalue weighted by Crippen LogP contribution is 2.33. The van der Waals surface area contributed by atoms with E-state index < -0.39 is 30.2 Å². The van der Waals surface area contributed by atoms with E-state index in [9.17, 15) is 23.2 Å². The maximum Gasteiger partial charge on any atom is 0.407 e. The first-order chi connectivity index (χ1) is 16.8. The first kappa shape index (κ1) is 25.8. The van der Waals surface area contributed by atoms with Gasteiger partial charge in [0.1, 0.15) is 17.8 Å². The summed E-state index contributed by atoms with van der Waals surface area (Å²) in [6.45, 7) is 0. The molecular formula is C27H26F3N3O2. The van der Waals surface area contributed by atoms with Gasteiger partial charge in [0.05, 0.1) is 19.2 Å². The second kappa shape index (κ2) is 12.0. The van der Waals surface area contributed by atoms with Crippen molar-refractivity contribution in [2.45, 2.75) is 37.1 Å². The van der Waals surface area contributed by atoms with E-state index in [2.05, 4.69) is 10.6 Å². The van der Waals surface area contributed by atoms with Crippen molar-refractivity contribution >= 4 is 5.91 Å². The quantitative estimate of drug-likeness (QED) is 0.438. The van der Waals surface area contributed by atoms with E-state index in [1.54, 1.807) is 30.3 Å². The average Bonchev–Trinajstić information content (AvgIpc) is 2.86. The van der Waals surface area contributed by atoms with Gasteiger partial charge in [-0.25, -0.2) is 0 Å². The maximum absolute atomic E-state index is 14.0. The Morgan fingerprint density at radius 2 is 1.49 bits per heavy atom. The lowest BCUT2D eigenvalue weighted by atomic mass is 10.00. The normalized spacial score (nSPS) is 13.8. The van der Waals surface area contributed by atoms with Crippen molar-refractivity contribution in [3.05, 3.63) is 102 Å². The van der Waals surface area contributed by atoms with E-state index in [-0.39, 0.29) is 18.4 Å². The molecule has 35 heavy (non-hydrogen) atoms. The van der Waals surface area contributed by atoms with Crippen LogP contribution in [0.4, 0.5) is 13.2 Å². The minimum absolute atomic E-state index is 0.00588. The molecule has 8 heteroatoms. The summed E-state index contributed by atoms with van der Waals surface area (Å²) in [4.78, 5) is 13.2. The Hall–Kier alpha value is -3.83. The molecule has 0 saturated heterocycles. The molecule has 2 N–H and O–H groups in total. The number of benzene rings is 3. The van der Waals surface area contributed by atoms with Gasteiger partial charge >= 0.3 is 6.18 Å². The highest BCUT2D eigenvalue weighted by atomic mass is 19.4. The Bertz CT molecular complexity index is 1110. The predicted molar refractivity (Wildman–Crippen MR) is 127 cm³/mol. The number of hydrogen-bond donors (Lipinski definition) is 2. The third-order valence-electron chi connectivity index (χ3n) is 5.50. The number of carbonyl (C=O) groups is 1. The highest BCUT2D eigenvalue weighted by Gasteiger charge is 2.43. The smallest absolute Gasteiger partial charge is 0.407 e. The molecule has 0 spiro atoms. The summed E-state index contributed by atoms with van der Waals surface area (Å²) in [6, 6.07) is 21.0. The fourth-order valence-electron chi connectivity index (χ4n) is 3.70.